The molecular formula is C22H23Cl2N3O3. The number of piperidine rings is 1. The van der Waals surface area contributed by atoms with E-state index in [0.29, 0.717) is 39.3 Å². The Hall–Kier alpha value is -2.28. The van der Waals surface area contributed by atoms with E-state index >= 15 is 0 Å². The minimum absolute atomic E-state index is 0.0297. The molecule has 0 bridgehead atoms. The van der Waals surface area contributed by atoms with Crippen molar-refractivity contribution in [2.75, 3.05) is 43.0 Å². The van der Waals surface area contributed by atoms with Crippen LogP contribution in [0.2, 0.25) is 10.0 Å². The lowest BCUT2D eigenvalue weighted by Gasteiger charge is -2.33. The number of anilines is 2. The molecule has 158 valence electrons. The zero-order chi connectivity index (χ0) is 21.1. The van der Waals surface area contributed by atoms with Gasteiger partial charge in [0.15, 0.2) is 6.61 Å². The number of fused-ring (bicyclic) bond motifs is 1. The number of halogens is 2. The van der Waals surface area contributed by atoms with E-state index < -0.39 is 0 Å². The number of rotatable bonds is 5. The number of amides is 2. The molecule has 2 amide bonds. The number of nitrogens with zero attached hydrogens (tertiary/aromatic N) is 2. The third kappa shape index (κ3) is 4.72. The van der Waals surface area contributed by atoms with Crippen molar-refractivity contribution in [2.45, 2.75) is 19.3 Å². The van der Waals surface area contributed by atoms with E-state index in [1.165, 1.54) is 25.3 Å². The Balaban J connectivity index is 1.50. The topological polar surface area (TPSA) is 61.9 Å². The number of benzene rings is 2. The molecular weight excluding hydrogens is 425 g/mol. The van der Waals surface area contributed by atoms with Gasteiger partial charge in [0.1, 0.15) is 5.75 Å². The van der Waals surface area contributed by atoms with Crippen LogP contribution in [-0.2, 0) is 4.79 Å². The van der Waals surface area contributed by atoms with Gasteiger partial charge in [-0.15, -0.1) is 0 Å². The van der Waals surface area contributed by atoms with E-state index in [2.05, 4.69) is 10.2 Å². The Bertz CT molecular complexity index is 961. The van der Waals surface area contributed by atoms with Crippen LogP contribution in [0.3, 0.4) is 0 Å². The first kappa shape index (κ1) is 21.0. The monoisotopic (exact) mass is 447 g/mol. The summed E-state index contributed by atoms with van der Waals surface area (Å²) in [6.07, 6.45) is 3.69. The molecule has 0 aliphatic carbocycles. The quantitative estimate of drug-likeness (QED) is 0.734. The Morgan fingerprint density at radius 1 is 1.00 bits per heavy atom. The highest BCUT2D eigenvalue weighted by molar-refractivity contribution is 6.42. The van der Waals surface area contributed by atoms with Gasteiger partial charge in [0.05, 0.1) is 15.7 Å². The van der Waals surface area contributed by atoms with E-state index in [1.54, 1.807) is 35.2 Å². The summed E-state index contributed by atoms with van der Waals surface area (Å²) in [6, 6.07) is 10.0. The molecule has 2 aromatic rings. The zero-order valence-corrected chi connectivity index (χ0v) is 18.0. The van der Waals surface area contributed by atoms with Gasteiger partial charge in [-0.2, -0.15) is 0 Å². The number of likely N-dealkylation sites (tertiary alicyclic amines) is 1. The third-order valence-corrected chi connectivity index (χ3v) is 6.17. The van der Waals surface area contributed by atoms with Crippen molar-refractivity contribution in [3.63, 3.8) is 0 Å². The first-order chi connectivity index (χ1) is 14.5. The van der Waals surface area contributed by atoms with Gasteiger partial charge in [0.2, 0.25) is 0 Å². The molecule has 0 atom stereocenters. The lowest BCUT2D eigenvalue weighted by molar-refractivity contribution is -0.121. The molecule has 2 aliphatic rings. The average molecular weight is 448 g/mol. The molecule has 0 radical (unpaired) electrons. The molecule has 4 rings (SSSR count). The van der Waals surface area contributed by atoms with Gasteiger partial charge in [0.25, 0.3) is 11.8 Å². The maximum absolute atomic E-state index is 12.6. The van der Waals surface area contributed by atoms with Gasteiger partial charge in [0, 0.05) is 24.3 Å². The second-order valence-electron chi connectivity index (χ2n) is 7.50. The number of carbonyl (C=O) groups is 2. The van der Waals surface area contributed by atoms with E-state index in [9.17, 15) is 9.59 Å². The Morgan fingerprint density at radius 2 is 1.80 bits per heavy atom. The maximum atomic E-state index is 12.6. The first-order valence-electron chi connectivity index (χ1n) is 10.1. The minimum atomic E-state index is -0.309. The van der Waals surface area contributed by atoms with E-state index in [0.717, 1.165) is 19.6 Å². The minimum Gasteiger partial charge on any atom is -0.482 e. The summed E-state index contributed by atoms with van der Waals surface area (Å²) in [7, 11) is 0. The molecule has 0 aromatic heterocycles. The molecule has 2 heterocycles. The van der Waals surface area contributed by atoms with Crippen molar-refractivity contribution in [2.24, 2.45) is 0 Å². The van der Waals surface area contributed by atoms with Gasteiger partial charge >= 0.3 is 0 Å². The van der Waals surface area contributed by atoms with Gasteiger partial charge in [-0.25, -0.2) is 0 Å². The molecule has 0 unspecified atom stereocenters. The van der Waals surface area contributed by atoms with Crippen LogP contribution in [0.4, 0.5) is 11.4 Å². The highest BCUT2D eigenvalue weighted by atomic mass is 35.5. The second kappa shape index (κ2) is 9.25. The van der Waals surface area contributed by atoms with Crippen molar-refractivity contribution in [3.8, 4) is 5.75 Å². The molecule has 1 saturated heterocycles. The number of ether oxygens (including phenoxy) is 1. The maximum Gasteiger partial charge on any atom is 0.265 e. The summed E-state index contributed by atoms with van der Waals surface area (Å²) in [5.74, 6) is 0.254. The summed E-state index contributed by atoms with van der Waals surface area (Å²) in [5, 5.41) is 3.56. The number of hydrogen-bond acceptors (Lipinski definition) is 4. The first-order valence-corrected chi connectivity index (χ1v) is 10.8. The zero-order valence-electron chi connectivity index (χ0n) is 16.5. The highest BCUT2D eigenvalue weighted by Gasteiger charge is 2.26. The number of nitrogens with one attached hydrogen (secondary N) is 1. The van der Waals surface area contributed by atoms with Crippen LogP contribution in [0.15, 0.2) is 36.4 Å². The second-order valence-corrected chi connectivity index (χ2v) is 8.32. The lowest BCUT2D eigenvalue weighted by Crippen LogP contribution is -2.44. The fraction of sp³-hybridized carbons (Fsp3) is 0.364. The van der Waals surface area contributed by atoms with E-state index in [-0.39, 0.29) is 18.4 Å². The van der Waals surface area contributed by atoms with E-state index in [4.69, 9.17) is 27.9 Å². The molecule has 8 heteroatoms. The predicted octanol–water partition coefficient (Wildman–Crippen LogP) is 4.46. The van der Waals surface area contributed by atoms with Crippen LogP contribution >= 0.6 is 23.2 Å². The fourth-order valence-corrected chi connectivity index (χ4v) is 4.09. The molecule has 1 fully saturated rings. The molecule has 0 spiro atoms. The van der Waals surface area contributed by atoms with Crippen LogP contribution in [0.1, 0.15) is 29.6 Å². The van der Waals surface area contributed by atoms with Crippen molar-refractivity contribution >= 4 is 46.4 Å². The SMILES string of the molecule is O=C(Nc1ccc2c(c1)N(CCN1CCCCC1)C(=O)CO2)c1ccc(Cl)c(Cl)c1. The fourth-order valence-electron chi connectivity index (χ4n) is 3.79. The van der Waals surface area contributed by atoms with Crippen LogP contribution in [0, 0.1) is 0 Å². The standard InChI is InChI=1S/C22H23Cl2N3O3/c23-17-6-4-15(12-18(17)24)22(29)25-16-5-7-20-19(13-16)27(21(28)14-30-20)11-10-26-8-2-1-3-9-26/h4-7,12-13H,1-3,8-11,14H2,(H,25,29). The van der Waals surface area contributed by atoms with Gasteiger partial charge < -0.3 is 19.9 Å². The van der Waals surface area contributed by atoms with Crippen LogP contribution in [-0.4, -0.2) is 49.5 Å². The Morgan fingerprint density at radius 3 is 2.57 bits per heavy atom. The van der Waals surface area contributed by atoms with Crippen molar-refractivity contribution < 1.29 is 14.3 Å². The van der Waals surface area contributed by atoms with Gasteiger partial charge in [-0.1, -0.05) is 29.6 Å². The summed E-state index contributed by atoms with van der Waals surface area (Å²) in [5.41, 5.74) is 1.65. The molecule has 2 aromatic carbocycles. The molecule has 1 N–H and O–H groups in total. The van der Waals surface area contributed by atoms with Crippen molar-refractivity contribution in [1.82, 2.24) is 4.90 Å². The summed E-state index contributed by atoms with van der Waals surface area (Å²) < 4.78 is 5.58. The summed E-state index contributed by atoms with van der Waals surface area (Å²) >= 11 is 11.9. The van der Waals surface area contributed by atoms with Crippen LogP contribution in [0.5, 0.6) is 5.75 Å². The van der Waals surface area contributed by atoms with Crippen molar-refractivity contribution in [3.05, 3.63) is 52.0 Å². The smallest absolute Gasteiger partial charge is 0.265 e. The Kier molecular flexibility index (Phi) is 6.46. The Labute approximate surface area is 185 Å². The van der Waals surface area contributed by atoms with Crippen LogP contribution in [0.25, 0.3) is 0 Å². The van der Waals surface area contributed by atoms with E-state index in [1.807, 2.05) is 0 Å². The van der Waals surface area contributed by atoms with Gasteiger partial charge in [-0.05, 0) is 62.3 Å². The largest absolute Gasteiger partial charge is 0.482 e. The summed E-state index contributed by atoms with van der Waals surface area (Å²) in [6.45, 7) is 3.60. The molecule has 30 heavy (non-hydrogen) atoms. The molecule has 6 nitrogen and oxygen atoms in total. The third-order valence-electron chi connectivity index (χ3n) is 5.43. The number of hydrogen-bond donors (Lipinski definition) is 1. The number of carbonyl (C=O) groups excluding carboxylic acids is 2. The molecule has 0 saturated carbocycles. The van der Waals surface area contributed by atoms with Gasteiger partial charge in [-0.3, -0.25) is 9.59 Å². The predicted molar refractivity (Wildman–Crippen MR) is 119 cm³/mol. The molecule has 2 aliphatic heterocycles. The average Bonchev–Trinajstić information content (AvgIpc) is 2.75. The normalized spacial score (nSPS) is 16.7. The van der Waals surface area contributed by atoms with Crippen molar-refractivity contribution in [1.29, 1.82) is 0 Å². The summed E-state index contributed by atoms with van der Waals surface area (Å²) in [4.78, 5) is 29.3. The lowest BCUT2D eigenvalue weighted by atomic mass is 10.1. The highest BCUT2D eigenvalue weighted by Crippen LogP contribution is 2.35. The van der Waals surface area contributed by atoms with Crippen LogP contribution < -0.4 is 15.0 Å².